The van der Waals surface area contributed by atoms with Crippen LogP contribution in [0, 0.1) is 5.41 Å². The molecule has 0 heterocycles. The molecule has 162 valence electrons. The van der Waals surface area contributed by atoms with E-state index in [1.54, 1.807) is 0 Å². The van der Waals surface area contributed by atoms with Crippen molar-refractivity contribution in [2.45, 2.75) is 37.0 Å². The highest BCUT2D eigenvalue weighted by atomic mass is 19.4. The van der Waals surface area contributed by atoms with Crippen molar-refractivity contribution in [1.29, 1.82) is 0 Å². The van der Waals surface area contributed by atoms with Crippen LogP contribution in [-0.2, 0) is 11.3 Å². The lowest BCUT2D eigenvalue weighted by Crippen LogP contribution is -2.71. The average Bonchev–Trinajstić information content (AvgIpc) is 2.48. The van der Waals surface area contributed by atoms with E-state index in [1.807, 2.05) is 0 Å². The molecule has 0 saturated heterocycles. The van der Waals surface area contributed by atoms with Crippen LogP contribution >= 0.6 is 0 Å². The van der Waals surface area contributed by atoms with Crippen molar-refractivity contribution in [2.75, 3.05) is 6.61 Å². The smallest absolute Gasteiger partial charge is 0.375 e. The summed E-state index contributed by atoms with van der Waals surface area (Å²) in [6.45, 7) is -4.42. The van der Waals surface area contributed by atoms with Crippen LogP contribution < -0.4 is 0 Å². The highest BCUT2D eigenvalue weighted by Gasteiger charge is 2.92. The Morgan fingerprint density at radius 3 is 1.36 bits per heavy atom. The summed E-state index contributed by atoms with van der Waals surface area (Å²) in [5.74, 6) is -15.3. The molecule has 1 nitrogen and oxygen atoms in total. The zero-order valence-electron chi connectivity index (χ0n) is 13.1. The normalized spacial score (nSPS) is 15.0. The minimum Gasteiger partial charge on any atom is -0.375 e. The zero-order valence-corrected chi connectivity index (χ0v) is 13.1. The fraction of sp³-hybridized carbons (Fsp3) is 0.571. The van der Waals surface area contributed by atoms with E-state index >= 15 is 0 Å². The summed E-state index contributed by atoms with van der Waals surface area (Å²) >= 11 is 0. The summed E-state index contributed by atoms with van der Waals surface area (Å²) in [6.07, 6.45) is -22.0. The van der Waals surface area contributed by atoms with Crippen molar-refractivity contribution in [1.82, 2.24) is 0 Å². The Labute approximate surface area is 148 Å². The first-order valence-electron chi connectivity index (χ1n) is 6.90. The first-order valence-corrected chi connectivity index (χ1v) is 6.90. The second-order valence-corrected chi connectivity index (χ2v) is 5.53. The van der Waals surface area contributed by atoms with E-state index in [0.29, 0.717) is 0 Å². The summed E-state index contributed by atoms with van der Waals surface area (Å²) < 4.78 is 172. The fourth-order valence-corrected chi connectivity index (χ4v) is 2.11. The van der Waals surface area contributed by atoms with E-state index in [9.17, 15) is 57.1 Å². The van der Waals surface area contributed by atoms with Crippen molar-refractivity contribution < 1.29 is 61.8 Å². The molecule has 0 fully saturated rings. The molecule has 0 N–H and O–H groups in total. The molecule has 0 spiro atoms. The van der Waals surface area contributed by atoms with Crippen molar-refractivity contribution in [2.24, 2.45) is 5.41 Å². The number of hydrogen-bond acceptors (Lipinski definition) is 1. The maximum absolute atomic E-state index is 13.7. The largest absolute Gasteiger partial charge is 0.459 e. The lowest BCUT2D eigenvalue weighted by Gasteiger charge is -2.44. The lowest BCUT2D eigenvalue weighted by molar-refractivity contribution is -0.466. The van der Waals surface area contributed by atoms with E-state index in [0.717, 1.165) is 12.1 Å². The third-order valence-electron chi connectivity index (χ3n) is 3.68. The Bertz CT molecular complexity index is 628. The Morgan fingerprint density at radius 2 is 1.00 bits per heavy atom. The first kappa shape index (κ1) is 24.3. The highest BCUT2D eigenvalue weighted by Crippen LogP contribution is 2.65. The molecular weight excluding hydrogens is 431 g/mol. The minimum atomic E-state index is -7.68. The fourth-order valence-electron chi connectivity index (χ4n) is 2.11. The molecule has 0 atom stereocenters. The number of halogens is 13. The second-order valence-electron chi connectivity index (χ2n) is 5.53. The number of benzene rings is 1. The second kappa shape index (κ2) is 7.26. The SMILES string of the molecule is FC(F)(F)C(F)(F)C(F)(F)C(COCc1ccccc1)(C(F)(F)F)C(F)(F)F. The Hall–Kier alpha value is -1.73. The minimum absolute atomic E-state index is 0.147. The van der Waals surface area contributed by atoms with Gasteiger partial charge in [-0.3, -0.25) is 0 Å². The molecule has 1 rings (SSSR count). The number of hydrogen-bond donors (Lipinski definition) is 0. The Morgan fingerprint density at radius 1 is 0.571 bits per heavy atom. The lowest BCUT2D eigenvalue weighted by atomic mass is 9.76. The van der Waals surface area contributed by atoms with Gasteiger partial charge >= 0.3 is 30.4 Å². The summed E-state index contributed by atoms with van der Waals surface area (Å²) in [6, 6.07) is 5.96. The van der Waals surface area contributed by atoms with Crippen molar-refractivity contribution in [3.63, 3.8) is 0 Å². The van der Waals surface area contributed by atoms with Gasteiger partial charge in [0.1, 0.15) is 0 Å². The van der Waals surface area contributed by atoms with Crippen LogP contribution in [0.4, 0.5) is 57.1 Å². The van der Waals surface area contributed by atoms with Crippen LogP contribution in [0.2, 0.25) is 0 Å². The molecule has 0 amide bonds. The molecule has 0 aliphatic carbocycles. The summed E-state index contributed by atoms with van der Waals surface area (Å²) in [5, 5.41) is 0. The predicted molar refractivity (Wildman–Crippen MR) is 66.6 cm³/mol. The van der Waals surface area contributed by atoms with Gasteiger partial charge in [0, 0.05) is 0 Å². The molecule has 0 aliphatic rings. The van der Waals surface area contributed by atoms with E-state index in [4.69, 9.17) is 0 Å². The zero-order chi connectivity index (χ0) is 22.2. The van der Waals surface area contributed by atoms with Gasteiger partial charge < -0.3 is 4.74 Å². The van der Waals surface area contributed by atoms with E-state index < -0.39 is 49.0 Å². The van der Waals surface area contributed by atoms with Gasteiger partial charge in [0.15, 0.2) is 0 Å². The van der Waals surface area contributed by atoms with Crippen LogP contribution in [-0.4, -0.2) is 37.0 Å². The summed E-state index contributed by atoms with van der Waals surface area (Å²) in [4.78, 5) is 0. The highest BCUT2D eigenvalue weighted by molar-refractivity contribution is 5.14. The molecule has 0 saturated carbocycles. The molecule has 0 aromatic heterocycles. The van der Waals surface area contributed by atoms with E-state index in [2.05, 4.69) is 4.74 Å². The van der Waals surface area contributed by atoms with Gasteiger partial charge in [-0.05, 0) is 5.56 Å². The molecule has 1 aromatic carbocycles. The molecule has 0 radical (unpaired) electrons. The quantitative estimate of drug-likeness (QED) is 0.483. The number of rotatable bonds is 6. The van der Waals surface area contributed by atoms with Crippen LogP contribution in [0.3, 0.4) is 0 Å². The van der Waals surface area contributed by atoms with Crippen LogP contribution in [0.15, 0.2) is 30.3 Å². The molecule has 14 heteroatoms. The predicted octanol–water partition coefficient (Wildman–Crippen LogP) is 6.15. The maximum Gasteiger partial charge on any atom is 0.459 e. The van der Waals surface area contributed by atoms with Crippen LogP contribution in [0.1, 0.15) is 5.56 Å². The van der Waals surface area contributed by atoms with Crippen molar-refractivity contribution in [3.8, 4) is 0 Å². The average molecular weight is 440 g/mol. The van der Waals surface area contributed by atoms with Gasteiger partial charge in [0.25, 0.3) is 5.41 Å². The van der Waals surface area contributed by atoms with Crippen molar-refractivity contribution >= 4 is 0 Å². The molecule has 1 aromatic rings. The standard InChI is InChI=1S/C14H9F13O/c15-10(16,11(17,18)14(25,26)27)9(12(19,20)21,13(22,23)24)7-28-6-8-4-2-1-3-5-8/h1-5H,6-7H2. The Balaban J connectivity index is 3.51. The maximum atomic E-state index is 13.7. The number of ether oxygens (including phenoxy) is 1. The van der Waals surface area contributed by atoms with E-state index in [1.165, 1.54) is 18.2 Å². The van der Waals surface area contributed by atoms with E-state index in [-0.39, 0.29) is 5.56 Å². The molecular formula is C14H9F13O. The van der Waals surface area contributed by atoms with Gasteiger partial charge in [-0.15, -0.1) is 0 Å². The van der Waals surface area contributed by atoms with Gasteiger partial charge in [-0.1, -0.05) is 30.3 Å². The number of alkyl halides is 13. The van der Waals surface area contributed by atoms with Crippen LogP contribution in [0.25, 0.3) is 0 Å². The third-order valence-corrected chi connectivity index (χ3v) is 3.68. The third kappa shape index (κ3) is 3.87. The van der Waals surface area contributed by atoms with Crippen LogP contribution in [0.5, 0.6) is 0 Å². The van der Waals surface area contributed by atoms with Gasteiger partial charge in [-0.25, -0.2) is 0 Å². The summed E-state index contributed by atoms with van der Waals surface area (Å²) in [5.41, 5.74) is -6.98. The van der Waals surface area contributed by atoms with Crippen molar-refractivity contribution in [3.05, 3.63) is 35.9 Å². The molecule has 0 unspecified atom stereocenters. The molecule has 0 bridgehead atoms. The molecule has 28 heavy (non-hydrogen) atoms. The first-order chi connectivity index (χ1) is 12.3. The Kier molecular flexibility index (Phi) is 6.31. The van der Waals surface area contributed by atoms with Gasteiger partial charge in [-0.2, -0.15) is 57.1 Å². The van der Waals surface area contributed by atoms with Gasteiger partial charge in [0.05, 0.1) is 13.2 Å². The molecule has 0 aliphatic heterocycles. The van der Waals surface area contributed by atoms with Gasteiger partial charge in [0.2, 0.25) is 0 Å². The topological polar surface area (TPSA) is 9.23 Å². The summed E-state index contributed by atoms with van der Waals surface area (Å²) in [7, 11) is 0. The monoisotopic (exact) mass is 440 g/mol.